The molecular formula is C22H24N6O3. The molecule has 9 nitrogen and oxygen atoms in total. The van der Waals surface area contributed by atoms with Gasteiger partial charge in [0, 0.05) is 18.7 Å². The normalized spacial score (nSPS) is 14.3. The number of amides is 1. The Labute approximate surface area is 180 Å². The third kappa shape index (κ3) is 4.71. The van der Waals surface area contributed by atoms with Gasteiger partial charge in [-0.15, -0.1) is 10.2 Å². The summed E-state index contributed by atoms with van der Waals surface area (Å²) in [6, 6.07) is 9.46. The molecule has 0 atom stereocenters. The second-order valence-corrected chi connectivity index (χ2v) is 8.17. The zero-order valence-electron chi connectivity index (χ0n) is 17.7. The van der Waals surface area contributed by atoms with Crippen molar-refractivity contribution in [1.29, 1.82) is 0 Å². The molecule has 0 saturated heterocycles. The van der Waals surface area contributed by atoms with Crippen molar-refractivity contribution >= 4 is 17.5 Å². The van der Waals surface area contributed by atoms with Gasteiger partial charge in [0.05, 0.1) is 11.9 Å². The van der Waals surface area contributed by atoms with Crippen LogP contribution in [0.25, 0.3) is 28.6 Å². The first-order valence-electron chi connectivity index (χ1n) is 9.99. The number of hydrogen-bond donors (Lipinski definition) is 1. The molecule has 9 heteroatoms. The van der Waals surface area contributed by atoms with Crippen LogP contribution in [0.5, 0.6) is 0 Å². The highest BCUT2D eigenvalue weighted by Gasteiger charge is 2.25. The Morgan fingerprint density at radius 3 is 2.58 bits per heavy atom. The van der Waals surface area contributed by atoms with Crippen LogP contribution in [-0.2, 0) is 4.74 Å². The summed E-state index contributed by atoms with van der Waals surface area (Å²) in [6.07, 6.45) is 3.85. The summed E-state index contributed by atoms with van der Waals surface area (Å²) in [5.74, 6) is 0.795. The minimum Gasteiger partial charge on any atom is -0.444 e. The zero-order chi connectivity index (χ0) is 22.0. The molecule has 0 aliphatic carbocycles. The van der Waals surface area contributed by atoms with Crippen LogP contribution in [0.1, 0.15) is 32.9 Å². The van der Waals surface area contributed by atoms with Gasteiger partial charge in [0.1, 0.15) is 5.60 Å². The Hall–Kier alpha value is -3.75. The monoisotopic (exact) mass is 420 g/mol. The van der Waals surface area contributed by atoms with Crippen LogP contribution in [0.4, 0.5) is 10.6 Å². The van der Waals surface area contributed by atoms with E-state index in [9.17, 15) is 4.79 Å². The first-order valence-corrected chi connectivity index (χ1v) is 9.99. The molecule has 3 heterocycles. The Morgan fingerprint density at radius 1 is 1.16 bits per heavy atom. The molecule has 3 aromatic rings. The molecule has 0 bridgehead atoms. The van der Waals surface area contributed by atoms with Crippen LogP contribution in [0.15, 0.2) is 47.0 Å². The molecule has 2 N–H and O–H groups in total. The van der Waals surface area contributed by atoms with Crippen molar-refractivity contribution in [3.8, 4) is 23.0 Å². The van der Waals surface area contributed by atoms with Crippen LogP contribution >= 0.6 is 0 Å². The molecule has 31 heavy (non-hydrogen) atoms. The smallest absolute Gasteiger partial charge is 0.410 e. The number of hydrogen-bond acceptors (Lipinski definition) is 8. The van der Waals surface area contributed by atoms with Crippen LogP contribution in [0.2, 0.25) is 0 Å². The average Bonchev–Trinajstić information content (AvgIpc) is 3.24. The minimum atomic E-state index is -0.527. The SMILES string of the molecule is CC(C)(C)OC(=O)N1CC=C(c2cnc(N)c(-c3nnc(-c4ccccc4)o3)n2)CC1. The summed E-state index contributed by atoms with van der Waals surface area (Å²) in [5, 5.41) is 8.18. The van der Waals surface area contributed by atoms with E-state index in [2.05, 4.69) is 20.2 Å². The number of anilines is 1. The minimum absolute atomic E-state index is 0.206. The van der Waals surface area contributed by atoms with Crippen molar-refractivity contribution in [3.63, 3.8) is 0 Å². The number of aromatic nitrogens is 4. The van der Waals surface area contributed by atoms with Gasteiger partial charge in [0.25, 0.3) is 5.89 Å². The predicted molar refractivity (Wildman–Crippen MR) is 116 cm³/mol. The molecule has 1 aromatic carbocycles. The number of nitrogen functional groups attached to an aromatic ring is 1. The highest BCUT2D eigenvalue weighted by molar-refractivity contribution is 5.73. The van der Waals surface area contributed by atoms with E-state index >= 15 is 0 Å². The third-order valence-corrected chi connectivity index (χ3v) is 4.64. The van der Waals surface area contributed by atoms with E-state index in [-0.39, 0.29) is 17.8 Å². The lowest BCUT2D eigenvalue weighted by atomic mass is 10.1. The molecule has 160 valence electrons. The number of rotatable bonds is 3. The standard InChI is InChI=1S/C22H24N6O3/c1-22(2,3)31-21(29)28-11-9-14(10-12-28)16-13-24-18(23)17(25-16)20-27-26-19(30-20)15-7-5-4-6-8-15/h4-9,13H,10-12H2,1-3H3,(H2,23,24). The molecule has 2 aromatic heterocycles. The number of ether oxygens (including phenoxy) is 1. The van der Waals surface area contributed by atoms with E-state index in [0.717, 1.165) is 11.1 Å². The van der Waals surface area contributed by atoms with Gasteiger partial charge in [-0.3, -0.25) is 0 Å². The highest BCUT2D eigenvalue weighted by atomic mass is 16.6. The molecule has 1 aliphatic rings. The number of benzene rings is 1. The molecule has 1 amide bonds. The van der Waals surface area contributed by atoms with E-state index in [4.69, 9.17) is 14.9 Å². The lowest BCUT2D eigenvalue weighted by Gasteiger charge is -2.29. The quantitative estimate of drug-likeness (QED) is 0.679. The van der Waals surface area contributed by atoms with Gasteiger partial charge in [-0.1, -0.05) is 24.3 Å². The summed E-state index contributed by atoms with van der Waals surface area (Å²) in [4.78, 5) is 22.8. The number of nitrogens with two attached hydrogens (primary N) is 1. The van der Waals surface area contributed by atoms with Crippen molar-refractivity contribution in [1.82, 2.24) is 25.1 Å². The average molecular weight is 420 g/mol. The van der Waals surface area contributed by atoms with Gasteiger partial charge in [0.15, 0.2) is 11.5 Å². The van der Waals surface area contributed by atoms with Crippen LogP contribution in [0.3, 0.4) is 0 Å². The molecule has 0 spiro atoms. The maximum Gasteiger partial charge on any atom is 0.410 e. The lowest BCUT2D eigenvalue weighted by molar-refractivity contribution is 0.0270. The van der Waals surface area contributed by atoms with Gasteiger partial charge in [0.2, 0.25) is 5.89 Å². The fourth-order valence-electron chi connectivity index (χ4n) is 3.12. The van der Waals surface area contributed by atoms with E-state index in [0.29, 0.717) is 36.8 Å². The Kier molecular flexibility index (Phi) is 5.41. The molecule has 0 saturated carbocycles. The largest absolute Gasteiger partial charge is 0.444 e. The van der Waals surface area contributed by atoms with Crippen molar-refractivity contribution in [3.05, 3.63) is 48.3 Å². The first kappa shape index (κ1) is 20.5. The van der Waals surface area contributed by atoms with E-state index < -0.39 is 5.60 Å². The molecular weight excluding hydrogens is 396 g/mol. The zero-order valence-corrected chi connectivity index (χ0v) is 17.7. The second kappa shape index (κ2) is 8.17. The van der Waals surface area contributed by atoms with E-state index in [1.54, 1.807) is 11.1 Å². The van der Waals surface area contributed by atoms with E-state index in [1.165, 1.54) is 0 Å². The van der Waals surface area contributed by atoms with Gasteiger partial charge in [-0.25, -0.2) is 14.8 Å². The summed E-state index contributed by atoms with van der Waals surface area (Å²) in [6.45, 7) is 6.51. The number of nitrogens with zero attached hydrogens (tertiary/aromatic N) is 5. The van der Waals surface area contributed by atoms with Gasteiger partial charge < -0.3 is 19.8 Å². The third-order valence-electron chi connectivity index (χ3n) is 4.64. The predicted octanol–water partition coefficient (Wildman–Crippen LogP) is 3.80. The van der Waals surface area contributed by atoms with Crippen molar-refractivity contribution in [2.24, 2.45) is 0 Å². The Balaban J connectivity index is 1.54. The fourth-order valence-corrected chi connectivity index (χ4v) is 3.12. The first-order chi connectivity index (χ1) is 14.8. The molecule has 0 radical (unpaired) electrons. The topological polar surface area (TPSA) is 120 Å². The summed E-state index contributed by atoms with van der Waals surface area (Å²) in [7, 11) is 0. The number of carbonyl (C=O) groups excluding carboxylic acids is 1. The Bertz CT molecular complexity index is 1120. The highest BCUT2D eigenvalue weighted by Crippen LogP contribution is 2.28. The second-order valence-electron chi connectivity index (χ2n) is 8.17. The fraction of sp³-hybridized carbons (Fsp3) is 0.318. The summed E-state index contributed by atoms with van der Waals surface area (Å²) >= 11 is 0. The molecule has 0 unspecified atom stereocenters. The van der Waals surface area contributed by atoms with Crippen molar-refractivity contribution in [2.75, 3.05) is 18.8 Å². The summed E-state index contributed by atoms with van der Waals surface area (Å²) in [5.41, 5.74) is 8.27. The summed E-state index contributed by atoms with van der Waals surface area (Å²) < 4.78 is 11.2. The van der Waals surface area contributed by atoms with Crippen LogP contribution in [0, 0.1) is 0 Å². The molecule has 0 fully saturated rings. The van der Waals surface area contributed by atoms with Gasteiger partial charge in [-0.2, -0.15) is 0 Å². The van der Waals surface area contributed by atoms with Crippen molar-refractivity contribution in [2.45, 2.75) is 32.8 Å². The van der Waals surface area contributed by atoms with Crippen molar-refractivity contribution < 1.29 is 13.9 Å². The molecule has 4 rings (SSSR count). The maximum atomic E-state index is 12.3. The molecule has 1 aliphatic heterocycles. The van der Waals surface area contributed by atoms with E-state index in [1.807, 2.05) is 57.2 Å². The Morgan fingerprint density at radius 2 is 1.90 bits per heavy atom. The lowest BCUT2D eigenvalue weighted by Crippen LogP contribution is -2.39. The van der Waals surface area contributed by atoms with Gasteiger partial charge >= 0.3 is 6.09 Å². The van der Waals surface area contributed by atoms with Crippen LogP contribution in [-0.4, -0.2) is 49.8 Å². The van der Waals surface area contributed by atoms with Gasteiger partial charge in [-0.05, 0) is 44.9 Å². The van der Waals surface area contributed by atoms with Crippen LogP contribution < -0.4 is 5.73 Å². The maximum absolute atomic E-state index is 12.3. The number of carbonyl (C=O) groups is 1.